The monoisotopic (exact) mass is 357 g/mol. The van der Waals surface area contributed by atoms with E-state index in [1.807, 2.05) is 13.0 Å². The zero-order valence-electron chi connectivity index (χ0n) is 12.9. The Morgan fingerprint density at radius 1 is 1.21 bits per heavy atom. The van der Waals surface area contributed by atoms with Crippen LogP contribution in [0.5, 0.6) is 5.75 Å². The fourth-order valence-corrected chi connectivity index (χ4v) is 2.21. The molecule has 0 bridgehead atoms. The first-order valence-corrected chi connectivity index (χ1v) is 7.45. The van der Waals surface area contributed by atoms with Crippen molar-refractivity contribution in [1.82, 2.24) is 0 Å². The van der Waals surface area contributed by atoms with Crippen molar-refractivity contribution in [2.24, 2.45) is 0 Å². The number of halogens is 4. The summed E-state index contributed by atoms with van der Waals surface area (Å²) >= 11 is 5.61. The molecule has 1 atom stereocenters. The summed E-state index contributed by atoms with van der Waals surface area (Å²) in [6.07, 6.45) is -5.60. The fraction of sp³-hybridized carbons (Fsp3) is 0.235. The van der Waals surface area contributed by atoms with Gasteiger partial charge < -0.3 is 10.1 Å². The molecule has 2 aromatic carbocycles. The highest BCUT2D eigenvalue weighted by Crippen LogP contribution is 2.36. The summed E-state index contributed by atoms with van der Waals surface area (Å²) in [7, 11) is 0. The van der Waals surface area contributed by atoms with Crippen LogP contribution in [0.15, 0.2) is 42.5 Å². The maximum Gasteiger partial charge on any atom is 0.418 e. The van der Waals surface area contributed by atoms with Crippen LogP contribution in [0.25, 0.3) is 0 Å². The standard InChI is InChI=1S/C17H15ClF3NO2/c1-10-4-3-5-13(8-10)24-11(2)16(23)22-15-7-6-12(18)9-14(15)17(19,20)21/h3-9,11H,1-2H3,(H,22,23). The Labute approximate surface area is 142 Å². The Balaban J connectivity index is 2.14. The molecular weight excluding hydrogens is 343 g/mol. The van der Waals surface area contributed by atoms with E-state index in [-0.39, 0.29) is 10.7 Å². The Bertz CT molecular complexity index is 747. The molecule has 0 aliphatic rings. The van der Waals surface area contributed by atoms with Crippen LogP contribution in [0.1, 0.15) is 18.1 Å². The van der Waals surface area contributed by atoms with Gasteiger partial charge in [0.15, 0.2) is 6.10 Å². The molecule has 1 amide bonds. The van der Waals surface area contributed by atoms with Gasteiger partial charge in [0.2, 0.25) is 0 Å². The van der Waals surface area contributed by atoms with Gasteiger partial charge in [0.25, 0.3) is 5.91 Å². The maximum atomic E-state index is 13.0. The molecule has 0 aliphatic carbocycles. The number of alkyl halides is 3. The highest BCUT2D eigenvalue weighted by molar-refractivity contribution is 6.30. The van der Waals surface area contributed by atoms with E-state index in [0.717, 1.165) is 17.7 Å². The van der Waals surface area contributed by atoms with Crippen molar-refractivity contribution in [2.75, 3.05) is 5.32 Å². The Hall–Kier alpha value is -2.21. The van der Waals surface area contributed by atoms with Gasteiger partial charge in [-0.1, -0.05) is 23.7 Å². The van der Waals surface area contributed by atoms with Crippen LogP contribution in [0.2, 0.25) is 5.02 Å². The number of hydrogen-bond donors (Lipinski definition) is 1. The second kappa shape index (κ2) is 7.13. The van der Waals surface area contributed by atoms with Gasteiger partial charge in [0.1, 0.15) is 5.75 Å². The van der Waals surface area contributed by atoms with Crippen molar-refractivity contribution in [3.05, 3.63) is 58.6 Å². The SMILES string of the molecule is Cc1cccc(OC(C)C(=O)Nc2ccc(Cl)cc2C(F)(F)F)c1. The van der Waals surface area contributed by atoms with Crippen LogP contribution in [-0.4, -0.2) is 12.0 Å². The molecule has 0 heterocycles. The number of nitrogens with one attached hydrogen (secondary N) is 1. The average molecular weight is 358 g/mol. The quantitative estimate of drug-likeness (QED) is 0.829. The van der Waals surface area contributed by atoms with E-state index in [4.69, 9.17) is 16.3 Å². The van der Waals surface area contributed by atoms with E-state index in [2.05, 4.69) is 5.32 Å². The minimum atomic E-state index is -4.63. The van der Waals surface area contributed by atoms with Crippen molar-refractivity contribution < 1.29 is 22.7 Å². The molecular formula is C17H15ClF3NO2. The van der Waals surface area contributed by atoms with Crippen LogP contribution in [0.4, 0.5) is 18.9 Å². The van der Waals surface area contributed by atoms with Crippen molar-refractivity contribution in [3.63, 3.8) is 0 Å². The third-order valence-corrected chi connectivity index (χ3v) is 3.45. The molecule has 0 spiro atoms. The van der Waals surface area contributed by atoms with Gasteiger partial charge in [-0.3, -0.25) is 4.79 Å². The van der Waals surface area contributed by atoms with Crippen molar-refractivity contribution in [2.45, 2.75) is 26.1 Å². The van der Waals surface area contributed by atoms with Crippen LogP contribution in [0.3, 0.4) is 0 Å². The molecule has 3 nitrogen and oxygen atoms in total. The summed E-state index contributed by atoms with van der Waals surface area (Å²) in [6.45, 7) is 3.32. The number of hydrogen-bond acceptors (Lipinski definition) is 2. The topological polar surface area (TPSA) is 38.3 Å². The molecule has 0 aromatic heterocycles. The number of carbonyl (C=O) groups excluding carboxylic acids is 1. The van der Waals surface area contributed by atoms with Crippen LogP contribution in [-0.2, 0) is 11.0 Å². The normalized spacial score (nSPS) is 12.6. The highest BCUT2D eigenvalue weighted by Gasteiger charge is 2.34. The van der Waals surface area contributed by atoms with E-state index in [9.17, 15) is 18.0 Å². The lowest BCUT2D eigenvalue weighted by atomic mass is 10.1. The van der Waals surface area contributed by atoms with E-state index in [1.165, 1.54) is 13.0 Å². The molecule has 1 N–H and O–H groups in total. The molecule has 7 heteroatoms. The molecule has 0 saturated heterocycles. The Kier molecular flexibility index (Phi) is 5.39. The smallest absolute Gasteiger partial charge is 0.418 e. The predicted octanol–water partition coefficient (Wildman–Crippen LogP) is 5.07. The summed E-state index contributed by atoms with van der Waals surface area (Å²) in [5.74, 6) is -0.228. The zero-order chi connectivity index (χ0) is 17.9. The number of amides is 1. The van der Waals surface area contributed by atoms with E-state index in [1.54, 1.807) is 18.2 Å². The highest BCUT2D eigenvalue weighted by atomic mass is 35.5. The Morgan fingerprint density at radius 2 is 1.92 bits per heavy atom. The number of rotatable bonds is 4. The second-order valence-corrected chi connectivity index (χ2v) is 5.69. The molecule has 0 radical (unpaired) electrons. The summed E-state index contributed by atoms with van der Waals surface area (Å²) in [5.41, 5.74) is -0.431. The van der Waals surface area contributed by atoms with Gasteiger partial charge in [-0.25, -0.2) is 0 Å². The number of benzene rings is 2. The van der Waals surface area contributed by atoms with Crippen LogP contribution < -0.4 is 10.1 Å². The van der Waals surface area contributed by atoms with Gasteiger partial charge in [-0.15, -0.1) is 0 Å². The van der Waals surface area contributed by atoms with Gasteiger partial charge in [-0.2, -0.15) is 13.2 Å². The van der Waals surface area contributed by atoms with Crippen molar-refractivity contribution in [1.29, 1.82) is 0 Å². The summed E-state index contributed by atoms with van der Waals surface area (Å²) in [4.78, 5) is 12.1. The van der Waals surface area contributed by atoms with Gasteiger partial charge in [0, 0.05) is 5.02 Å². The van der Waals surface area contributed by atoms with Gasteiger partial charge in [-0.05, 0) is 49.7 Å². The van der Waals surface area contributed by atoms with E-state index < -0.39 is 23.8 Å². The molecule has 1 unspecified atom stereocenters. The number of anilines is 1. The van der Waals surface area contributed by atoms with Crippen LogP contribution >= 0.6 is 11.6 Å². The number of carbonyl (C=O) groups is 1. The molecule has 2 aromatic rings. The van der Waals surface area contributed by atoms with E-state index in [0.29, 0.717) is 5.75 Å². The average Bonchev–Trinajstić information content (AvgIpc) is 2.48. The minimum Gasteiger partial charge on any atom is -0.481 e. The predicted molar refractivity (Wildman–Crippen MR) is 86.4 cm³/mol. The first kappa shape index (κ1) is 18.1. The third kappa shape index (κ3) is 4.64. The van der Waals surface area contributed by atoms with Gasteiger partial charge >= 0.3 is 6.18 Å². The number of aryl methyl sites for hydroxylation is 1. The molecule has 0 aliphatic heterocycles. The molecule has 0 fully saturated rings. The molecule has 24 heavy (non-hydrogen) atoms. The summed E-state index contributed by atoms with van der Waals surface area (Å²) < 4.78 is 44.5. The lowest BCUT2D eigenvalue weighted by Gasteiger charge is -2.18. The second-order valence-electron chi connectivity index (χ2n) is 5.25. The zero-order valence-corrected chi connectivity index (χ0v) is 13.7. The summed E-state index contributed by atoms with van der Waals surface area (Å²) in [5, 5.41) is 2.17. The first-order valence-electron chi connectivity index (χ1n) is 7.08. The lowest BCUT2D eigenvalue weighted by molar-refractivity contribution is -0.137. The first-order chi connectivity index (χ1) is 11.2. The van der Waals surface area contributed by atoms with Crippen molar-refractivity contribution in [3.8, 4) is 5.75 Å². The Morgan fingerprint density at radius 3 is 2.54 bits per heavy atom. The molecule has 2 rings (SSSR count). The molecule has 128 valence electrons. The minimum absolute atomic E-state index is 0.0654. The van der Waals surface area contributed by atoms with E-state index >= 15 is 0 Å². The third-order valence-electron chi connectivity index (χ3n) is 3.22. The maximum absolute atomic E-state index is 13.0. The van der Waals surface area contributed by atoms with Crippen LogP contribution in [0, 0.1) is 6.92 Å². The van der Waals surface area contributed by atoms with Crippen molar-refractivity contribution >= 4 is 23.2 Å². The van der Waals surface area contributed by atoms with Gasteiger partial charge in [0.05, 0.1) is 11.3 Å². The molecule has 0 saturated carbocycles. The largest absolute Gasteiger partial charge is 0.481 e. The lowest BCUT2D eigenvalue weighted by Crippen LogP contribution is -2.31. The number of ether oxygens (including phenoxy) is 1. The summed E-state index contributed by atoms with van der Waals surface area (Å²) in [6, 6.07) is 10.2. The fourth-order valence-electron chi connectivity index (χ4n) is 2.04.